The van der Waals surface area contributed by atoms with Gasteiger partial charge in [0.15, 0.2) is 0 Å². The largest absolute Gasteiger partial charge is 0.379 e. The van der Waals surface area contributed by atoms with E-state index in [0.717, 1.165) is 23.3 Å². The molecule has 1 N–H and O–H groups in total. The van der Waals surface area contributed by atoms with Crippen LogP contribution in [-0.4, -0.2) is 55.9 Å². The normalized spacial score (nSPS) is 24.5. The SMILES string of the molecule is O=C1N[C@]2(CCCc3sccc32)C(=O)N1Cc1cccc(S(=O)(=O)N2CCOCC2)c1. The van der Waals surface area contributed by atoms with Gasteiger partial charge in [-0.25, -0.2) is 13.2 Å². The molecule has 0 unspecified atom stereocenters. The molecule has 3 amide bonds. The summed E-state index contributed by atoms with van der Waals surface area (Å²) >= 11 is 1.61. The first-order valence-corrected chi connectivity index (χ1v) is 12.6. The number of amides is 3. The number of imide groups is 1. The van der Waals surface area contributed by atoms with Gasteiger partial charge in [-0.15, -0.1) is 11.3 Å². The molecule has 1 spiro atoms. The van der Waals surface area contributed by atoms with Gasteiger partial charge in [-0.05, 0) is 48.4 Å². The number of carbonyl (C=O) groups excluding carboxylic acids is 2. The molecule has 2 aliphatic heterocycles. The lowest BCUT2D eigenvalue weighted by Crippen LogP contribution is -2.46. The minimum absolute atomic E-state index is 0.0261. The van der Waals surface area contributed by atoms with Crippen molar-refractivity contribution in [2.45, 2.75) is 36.2 Å². The molecule has 3 aliphatic rings. The van der Waals surface area contributed by atoms with Crippen molar-refractivity contribution >= 4 is 33.3 Å². The molecule has 8 nitrogen and oxygen atoms in total. The number of aryl methyl sites for hydroxylation is 1. The number of nitrogens with one attached hydrogen (secondary N) is 1. The van der Waals surface area contributed by atoms with E-state index in [0.29, 0.717) is 38.3 Å². The van der Waals surface area contributed by atoms with Crippen LogP contribution in [0.2, 0.25) is 0 Å². The average molecular weight is 462 g/mol. The third kappa shape index (κ3) is 3.38. The topological polar surface area (TPSA) is 96.0 Å². The Morgan fingerprint density at radius 3 is 2.77 bits per heavy atom. The molecule has 10 heteroatoms. The Morgan fingerprint density at radius 2 is 1.97 bits per heavy atom. The van der Waals surface area contributed by atoms with Gasteiger partial charge in [0.1, 0.15) is 5.54 Å². The monoisotopic (exact) mass is 461 g/mol. The van der Waals surface area contributed by atoms with Crippen molar-refractivity contribution in [1.82, 2.24) is 14.5 Å². The van der Waals surface area contributed by atoms with E-state index >= 15 is 0 Å². The Hall–Kier alpha value is -2.27. The zero-order valence-corrected chi connectivity index (χ0v) is 18.5. The van der Waals surface area contributed by atoms with Gasteiger partial charge in [-0.2, -0.15) is 4.31 Å². The summed E-state index contributed by atoms with van der Waals surface area (Å²) in [5, 5.41) is 4.89. The maximum atomic E-state index is 13.4. The molecule has 1 atom stereocenters. The number of morpholine rings is 1. The number of hydrogen-bond acceptors (Lipinski definition) is 6. The zero-order valence-electron chi connectivity index (χ0n) is 16.9. The molecule has 5 rings (SSSR count). The first kappa shape index (κ1) is 20.6. The predicted molar refractivity (Wildman–Crippen MR) is 114 cm³/mol. The van der Waals surface area contributed by atoms with E-state index in [9.17, 15) is 18.0 Å². The van der Waals surface area contributed by atoms with Crippen molar-refractivity contribution in [3.63, 3.8) is 0 Å². The van der Waals surface area contributed by atoms with Gasteiger partial charge in [-0.3, -0.25) is 9.69 Å². The molecule has 1 aliphatic carbocycles. The van der Waals surface area contributed by atoms with Crippen molar-refractivity contribution in [2.75, 3.05) is 26.3 Å². The van der Waals surface area contributed by atoms with Crippen LogP contribution in [0.5, 0.6) is 0 Å². The minimum atomic E-state index is -3.65. The lowest BCUT2D eigenvalue weighted by molar-refractivity contribution is -0.132. The number of sulfonamides is 1. The summed E-state index contributed by atoms with van der Waals surface area (Å²) in [4.78, 5) is 28.7. The van der Waals surface area contributed by atoms with Crippen molar-refractivity contribution in [1.29, 1.82) is 0 Å². The number of fused-ring (bicyclic) bond motifs is 2. The highest BCUT2D eigenvalue weighted by Gasteiger charge is 2.54. The van der Waals surface area contributed by atoms with Crippen molar-refractivity contribution in [2.24, 2.45) is 0 Å². The Bertz CT molecular complexity index is 1140. The molecular weight excluding hydrogens is 438 g/mol. The van der Waals surface area contributed by atoms with Gasteiger partial charge < -0.3 is 10.1 Å². The van der Waals surface area contributed by atoms with Crippen LogP contribution in [-0.2, 0) is 38.1 Å². The van der Waals surface area contributed by atoms with Crippen LogP contribution >= 0.6 is 11.3 Å². The number of ether oxygens (including phenoxy) is 1. The lowest BCUT2D eigenvalue weighted by atomic mass is 9.80. The number of nitrogens with zero attached hydrogens (tertiary/aromatic N) is 2. The third-order valence-corrected chi connectivity index (χ3v) is 9.06. The van der Waals surface area contributed by atoms with Crippen LogP contribution in [0.4, 0.5) is 4.79 Å². The Morgan fingerprint density at radius 1 is 1.16 bits per heavy atom. The van der Waals surface area contributed by atoms with Crippen LogP contribution in [0.15, 0.2) is 40.6 Å². The molecule has 1 aromatic carbocycles. The van der Waals surface area contributed by atoms with E-state index in [1.165, 1.54) is 9.21 Å². The van der Waals surface area contributed by atoms with Gasteiger partial charge in [0.25, 0.3) is 5.91 Å². The Kier molecular flexibility index (Phi) is 5.12. The number of benzene rings is 1. The highest BCUT2D eigenvalue weighted by atomic mass is 32.2. The molecule has 2 saturated heterocycles. The number of thiophene rings is 1. The Balaban J connectivity index is 1.41. The van der Waals surface area contributed by atoms with E-state index in [1.54, 1.807) is 35.6 Å². The summed E-state index contributed by atoms with van der Waals surface area (Å²) in [6.07, 6.45) is 2.32. The molecule has 1 aromatic heterocycles. The molecular formula is C21H23N3O5S2. The van der Waals surface area contributed by atoms with E-state index in [-0.39, 0.29) is 17.3 Å². The number of urea groups is 1. The summed E-state index contributed by atoms with van der Waals surface area (Å²) < 4.78 is 32.6. The lowest BCUT2D eigenvalue weighted by Gasteiger charge is -2.31. The van der Waals surface area contributed by atoms with E-state index in [1.807, 2.05) is 11.4 Å². The average Bonchev–Trinajstić information content (AvgIpc) is 3.35. The summed E-state index contributed by atoms with van der Waals surface area (Å²) in [5.41, 5.74) is 0.492. The van der Waals surface area contributed by atoms with Crippen LogP contribution in [0.1, 0.15) is 28.8 Å². The maximum absolute atomic E-state index is 13.4. The summed E-state index contributed by atoms with van der Waals surface area (Å²) in [6, 6.07) is 7.96. The standard InChI is InChI=1S/C21H23N3O5S2/c25-19-21(7-2-5-18-17(21)6-12-30-18)22-20(26)24(19)14-15-3-1-4-16(13-15)31(27,28)23-8-10-29-11-9-23/h1,3-4,6,12-13H,2,5,7-11,14H2,(H,22,26)/t21-/m0/s1. The fourth-order valence-corrected chi connectivity index (χ4v) is 7.09. The predicted octanol–water partition coefficient (Wildman–Crippen LogP) is 2.05. The van der Waals surface area contributed by atoms with Crippen LogP contribution < -0.4 is 5.32 Å². The summed E-state index contributed by atoms with van der Waals surface area (Å²) in [5.74, 6) is -0.265. The van der Waals surface area contributed by atoms with Crippen LogP contribution in [0.25, 0.3) is 0 Å². The van der Waals surface area contributed by atoms with Gasteiger partial charge >= 0.3 is 6.03 Å². The van der Waals surface area contributed by atoms with E-state index in [4.69, 9.17) is 4.74 Å². The highest BCUT2D eigenvalue weighted by Crippen LogP contribution is 2.42. The second-order valence-corrected chi connectivity index (χ2v) is 10.9. The fraction of sp³-hybridized carbons (Fsp3) is 0.429. The van der Waals surface area contributed by atoms with Gasteiger partial charge in [0, 0.05) is 23.5 Å². The smallest absolute Gasteiger partial charge is 0.325 e. The number of hydrogen-bond donors (Lipinski definition) is 1. The molecule has 164 valence electrons. The number of carbonyl (C=O) groups is 2. The second-order valence-electron chi connectivity index (χ2n) is 8.00. The van der Waals surface area contributed by atoms with Crippen molar-refractivity contribution in [3.8, 4) is 0 Å². The first-order valence-electron chi connectivity index (χ1n) is 10.3. The van der Waals surface area contributed by atoms with Gasteiger partial charge in [0.2, 0.25) is 10.0 Å². The first-order chi connectivity index (χ1) is 14.9. The maximum Gasteiger partial charge on any atom is 0.325 e. The molecule has 31 heavy (non-hydrogen) atoms. The molecule has 3 heterocycles. The molecule has 2 fully saturated rings. The van der Waals surface area contributed by atoms with Gasteiger partial charge in [-0.1, -0.05) is 12.1 Å². The highest BCUT2D eigenvalue weighted by molar-refractivity contribution is 7.89. The van der Waals surface area contributed by atoms with Crippen LogP contribution in [0, 0.1) is 0 Å². The van der Waals surface area contributed by atoms with Crippen LogP contribution in [0.3, 0.4) is 0 Å². The van der Waals surface area contributed by atoms with E-state index in [2.05, 4.69) is 5.32 Å². The fourth-order valence-electron chi connectivity index (χ4n) is 4.61. The third-order valence-electron chi connectivity index (χ3n) is 6.18. The molecule has 2 aromatic rings. The van der Waals surface area contributed by atoms with Crippen molar-refractivity contribution < 1.29 is 22.7 Å². The molecule has 0 radical (unpaired) electrons. The summed E-state index contributed by atoms with van der Waals surface area (Å²) in [7, 11) is -3.65. The summed E-state index contributed by atoms with van der Waals surface area (Å²) in [6.45, 7) is 1.39. The molecule has 0 saturated carbocycles. The zero-order chi connectivity index (χ0) is 21.6. The van der Waals surface area contributed by atoms with Crippen molar-refractivity contribution in [3.05, 3.63) is 51.7 Å². The van der Waals surface area contributed by atoms with E-state index < -0.39 is 21.6 Å². The Labute approximate surface area is 184 Å². The second kappa shape index (κ2) is 7.70. The van der Waals surface area contributed by atoms with Gasteiger partial charge in [0.05, 0.1) is 24.7 Å². The molecule has 0 bridgehead atoms. The quantitative estimate of drug-likeness (QED) is 0.703. The number of rotatable bonds is 4. The minimum Gasteiger partial charge on any atom is -0.379 e.